The highest BCUT2D eigenvalue weighted by Gasteiger charge is 2.70. The molecule has 2 aliphatic carbocycles. The van der Waals surface area contributed by atoms with Crippen LogP contribution in [0, 0.1) is 0 Å². The first-order valence-corrected chi connectivity index (χ1v) is 21.2. The molecule has 60 heavy (non-hydrogen) atoms. The highest BCUT2D eigenvalue weighted by Crippen LogP contribution is 2.48. The number of hydrogen-bond donors (Lipinski definition) is 12. The molecule has 0 spiro atoms. The lowest BCUT2D eigenvalue weighted by molar-refractivity contribution is -0.483. The Morgan fingerprint density at radius 3 is 1.93 bits per heavy atom. The van der Waals surface area contributed by atoms with Crippen molar-refractivity contribution in [1.29, 1.82) is 0 Å². The van der Waals surface area contributed by atoms with Crippen molar-refractivity contribution >= 4 is 0 Å². The van der Waals surface area contributed by atoms with E-state index in [4.69, 9.17) is 37.9 Å². The van der Waals surface area contributed by atoms with Gasteiger partial charge in [-0.2, -0.15) is 0 Å². The summed E-state index contributed by atoms with van der Waals surface area (Å²) in [7, 11) is 4.85. The standard InChI is InChI=1S/C40H67N5O15/c1-8-53-21-12-10-20(11-13-21)16-44-18-38(50)14-19(3)55-36-40(38,52)60-32-25(43-7)28(47)26(30(54-9-2)34(32)58-36)45-17-22-15-37(4,49)39(51)35(56-22)57-33-29(48)23(41-5)27(46)24(42-6)31(33)59-39/h10-13,19,22-36,41-52H,8-9,14-18H2,1-7H3. The molecule has 6 fully saturated rings. The van der Waals surface area contributed by atoms with Crippen LogP contribution >= 0.6 is 0 Å². The molecule has 20 heteroatoms. The third-order valence-corrected chi connectivity index (χ3v) is 13.3. The Bertz CT molecular complexity index is 1590. The molecule has 0 bridgehead atoms. The molecule has 4 heterocycles. The molecule has 20 nitrogen and oxygen atoms in total. The van der Waals surface area contributed by atoms with Crippen LogP contribution in [0.15, 0.2) is 24.3 Å². The van der Waals surface area contributed by atoms with Crippen molar-refractivity contribution in [2.45, 2.75) is 168 Å². The first-order valence-electron chi connectivity index (χ1n) is 21.2. The summed E-state index contributed by atoms with van der Waals surface area (Å²) >= 11 is 0. The van der Waals surface area contributed by atoms with Gasteiger partial charge in [0, 0.05) is 39.1 Å². The van der Waals surface area contributed by atoms with Crippen molar-refractivity contribution in [3.05, 3.63) is 29.8 Å². The monoisotopic (exact) mass is 857 g/mol. The van der Waals surface area contributed by atoms with Crippen LogP contribution in [0.1, 0.15) is 46.1 Å². The summed E-state index contributed by atoms with van der Waals surface area (Å²) in [6.07, 6.45) is -13.0. The van der Waals surface area contributed by atoms with E-state index < -0.39 is 121 Å². The predicted molar refractivity (Wildman–Crippen MR) is 210 cm³/mol. The molecule has 0 radical (unpaired) electrons. The minimum atomic E-state index is -2.37. The number of benzene rings is 1. The molecular weight excluding hydrogens is 790 g/mol. The molecule has 6 aliphatic rings. The zero-order chi connectivity index (χ0) is 43.4. The van der Waals surface area contributed by atoms with Gasteiger partial charge in [0.05, 0.1) is 55.2 Å². The first kappa shape index (κ1) is 46.3. The van der Waals surface area contributed by atoms with Crippen LogP contribution < -0.4 is 31.3 Å². The van der Waals surface area contributed by atoms with E-state index >= 15 is 0 Å². The smallest absolute Gasteiger partial charge is 0.249 e. The van der Waals surface area contributed by atoms with E-state index in [1.807, 2.05) is 31.2 Å². The van der Waals surface area contributed by atoms with Crippen LogP contribution in [0.4, 0.5) is 0 Å². The SMILES string of the molecule is CCOc1ccc(CNCC2(O)CC(C)OC3OC4C(OCC)C(NCC5CC(C)(O)C6(O)OC7C(NC)C(O)C(NC)C(O)C7OC6O5)C(O)C(NC)C4OC32O)cc1. The van der Waals surface area contributed by atoms with Crippen LogP contribution in [-0.2, 0) is 39.7 Å². The summed E-state index contributed by atoms with van der Waals surface area (Å²) in [5.41, 5.74) is -2.87. The molecule has 0 aromatic heterocycles. The molecule has 1 aromatic rings. The second kappa shape index (κ2) is 18.0. The van der Waals surface area contributed by atoms with Gasteiger partial charge in [-0.3, -0.25) is 0 Å². The fourth-order valence-corrected chi connectivity index (χ4v) is 10.2. The fourth-order valence-electron chi connectivity index (χ4n) is 10.2. The van der Waals surface area contributed by atoms with Crippen LogP contribution in [0.5, 0.6) is 5.75 Å². The lowest BCUT2D eigenvalue weighted by Crippen LogP contribution is -2.82. The fraction of sp³-hybridized carbons (Fsp3) is 0.850. The molecule has 12 N–H and O–H groups in total. The number of fused-ring (bicyclic) bond motifs is 4. The summed E-state index contributed by atoms with van der Waals surface area (Å²) < 4.78 is 49.5. The number of rotatable bonds is 14. The quantitative estimate of drug-likeness (QED) is 0.0852. The lowest BCUT2D eigenvalue weighted by atomic mass is 9.77. The molecule has 342 valence electrons. The van der Waals surface area contributed by atoms with E-state index in [0.29, 0.717) is 13.2 Å². The number of hydrogen-bond acceptors (Lipinski definition) is 20. The summed E-state index contributed by atoms with van der Waals surface area (Å²) in [6, 6.07) is 4.30. The molecule has 20 atom stereocenters. The van der Waals surface area contributed by atoms with Crippen LogP contribution in [0.3, 0.4) is 0 Å². The Labute approximate surface area is 350 Å². The van der Waals surface area contributed by atoms with Gasteiger partial charge in [-0.15, -0.1) is 0 Å². The Hall–Kier alpha value is -1.74. The Morgan fingerprint density at radius 1 is 0.700 bits per heavy atom. The van der Waals surface area contributed by atoms with Gasteiger partial charge in [0.25, 0.3) is 0 Å². The van der Waals surface area contributed by atoms with E-state index in [1.54, 1.807) is 35.0 Å². The van der Waals surface area contributed by atoms with Crippen molar-refractivity contribution in [2.75, 3.05) is 47.4 Å². The van der Waals surface area contributed by atoms with Gasteiger partial charge in [-0.05, 0) is 66.5 Å². The maximum Gasteiger partial charge on any atom is 0.249 e. The molecule has 4 saturated heterocycles. The third kappa shape index (κ3) is 8.03. The number of nitrogens with one attached hydrogen (secondary N) is 5. The summed E-state index contributed by atoms with van der Waals surface area (Å²) in [5.74, 6) is -3.97. The van der Waals surface area contributed by atoms with E-state index in [9.17, 15) is 35.7 Å². The lowest BCUT2D eigenvalue weighted by Gasteiger charge is -2.61. The largest absolute Gasteiger partial charge is 0.494 e. The Morgan fingerprint density at radius 2 is 1.30 bits per heavy atom. The highest BCUT2D eigenvalue weighted by atomic mass is 16.8. The maximum atomic E-state index is 12.3. The third-order valence-electron chi connectivity index (χ3n) is 13.3. The van der Waals surface area contributed by atoms with E-state index in [-0.39, 0.29) is 32.5 Å². The maximum absolute atomic E-state index is 12.3. The summed E-state index contributed by atoms with van der Waals surface area (Å²) in [5, 5.41) is 97.9. The number of aliphatic hydroxyl groups excluding tert-OH is 3. The first-order chi connectivity index (χ1) is 28.5. The van der Waals surface area contributed by atoms with E-state index in [2.05, 4.69) is 26.6 Å². The van der Waals surface area contributed by atoms with E-state index in [1.165, 1.54) is 6.92 Å². The zero-order valence-corrected chi connectivity index (χ0v) is 35.4. The van der Waals surface area contributed by atoms with Crippen LogP contribution in [0.25, 0.3) is 0 Å². The molecule has 4 aliphatic heterocycles. The minimum absolute atomic E-state index is 0.0143. The molecule has 7 rings (SSSR count). The molecule has 20 unspecified atom stereocenters. The Kier molecular flexibility index (Phi) is 13.9. The summed E-state index contributed by atoms with van der Waals surface area (Å²) in [4.78, 5) is 0. The van der Waals surface area contributed by atoms with Gasteiger partial charge in [0.1, 0.15) is 53.6 Å². The topological polar surface area (TPSA) is 276 Å². The summed E-state index contributed by atoms with van der Waals surface area (Å²) in [6.45, 7) is 7.98. The van der Waals surface area contributed by atoms with Crippen LogP contribution in [-0.4, -0.2) is 204 Å². The molecular formula is C40H67N5O15. The van der Waals surface area contributed by atoms with Crippen LogP contribution in [0.2, 0.25) is 0 Å². The Balaban J connectivity index is 1.06. The van der Waals surface area contributed by atoms with E-state index in [0.717, 1.165) is 11.3 Å². The number of ether oxygens (including phenoxy) is 8. The normalized spacial score (nSPS) is 49.0. The van der Waals surface area contributed by atoms with Gasteiger partial charge in [0.15, 0.2) is 0 Å². The zero-order valence-electron chi connectivity index (χ0n) is 35.4. The molecule has 1 aromatic carbocycles. The van der Waals surface area contributed by atoms with Crippen molar-refractivity contribution < 1.29 is 73.6 Å². The van der Waals surface area contributed by atoms with Crippen molar-refractivity contribution in [3.63, 3.8) is 0 Å². The highest BCUT2D eigenvalue weighted by molar-refractivity contribution is 5.27. The minimum Gasteiger partial charge on any atom is -0.494 e. The van der Waals surface area contributed by atoms with Gasteiger partial charge >= 0.3 is 0 Å². The predicted octanol–water partition coefficient (Wildman–Crippen LogP) is -3.91. The van der Waals surface area contributed by atoms with Gasteiger partial charge in [-0.25, -0.2) is 0 Å². The van der Waals surface area contributed by atoms with Crippen molar-refractivity contribution in [1.82, 2.24) is 26.6 Å². The average Bonchev–Trinajstić information content (AvgIpc) is 3.19. The van der Waals surface area contributed by atoms with Gasteiger partial charge < -0.3 is 100 Å². The van der Waals surface area contributed by atoms with Crippen molar-refractivity contribution in [3.8, 4) is 5.75 Å². The van der Waals surface area contributed by atoms with Gasteiger partial charge in [-0.1, -0.05) is 12.1 Å². The molecule has 0 amide bonds. The number of aliphatic hydroxyl groups is 7. The molecule has 2 saturated carbocycles. The second-order valence-corrected chi connectivity index (χ2v) is 17.3. The second-order valence-electron chi connectivity index (χ2n) is 17.3. The number of likely N-dealkylation sites (N-methyl/N-ethyl adjacent to an activating group) is 3. The van der Waals surface area contributed by atoms with Crippen molar-refractivity contribution in [2.24, 2.45) is 0 Å². The average molecular weight is 858 g/mol. The van der Waals surface area contributed by atoms with Gasteiger partial charge in [0.2, 0.25) is 24.2 Å².